The third kappa shape index (κ3) is 2.88. The molecule has 6 heteroatoms. The normalized spacial score (nSPS) is 23.6. The number of nitrogens with zero attached hydrogens (tertiary/aromatic N) is 2. The van der Waals surface area contributed by atoms with Gasteiger partial charge >= 0.3 is 5.97 Å². The molecule has 18 heavy (non-hydrogen) atoms. The molecular weight excluding hydrogens is 234 g/mol. The molecule has 0 radical (unpaired) electrons. The summed E-state index contributed by atoms with van der Waals surface area (Å²) in [5, 5.41) is 11.7. The molecule has 1 aromatic rings. The molecule has 1 aliphatic rings. The van der Waals surface area contributed by atoms with Crippen molar-refractivity contribution in [3.05, 3.63) is 12.5 Å². The Morgan fingerprint density at radius 1 is 1.44 bits per heavy atom. The molecule has 2 rings (SSSR count). The van der Waals surface area contributed by atoms with Gasteiger partial charge in [0.15, 0.2) is 5.82 Å². The molecule has 1 aliphatic carbocycles. The molecular formula is C12H17N3O3. The maximum Gasteiger partial charge on any atom is 0.306 e. The third-order valence-electron chi connectivity index (χ3n) is 3.35. The molecule has 0 saturated heterocycles. The van der Waals surface area contributed by atoms with Crippen LogP contribution in [0.2, 0.25) is 0 Å². The van der Waals surface area contributed by atoms with Gasteiger partial charge in [0.05, 0.1) is 12.2 Å². The highest BCUT2D eigenvalue weighted by molar-refractivity contribution is 5.92. The number of hydrogen-bond donors (Lipinski definition) is 2. The maximum atomic E-state index is 12.0. The second kappa shape index (κ2) is 5.20. The van der Waals surface area contributed by atoms with Crippen molar-refractivity contribution in [1.29, 1.82) is 0 Å². The van der Waals surface area contributed by atoms with E-state index < -0.39 is 11.9 Å². The molecule has 0 unspecified atom stereocenters. The fourth-order valence-electron chi connectivity index (χ4n) is 2.36. The van der Waals surface area contributed by atoms with Crippen molar-refractivity contribution in [2.75, 3.05) is 5.32 Å². The summed E-state index contributed by atoms with van der Waals surface area (Å²) in [4.78, 5) is 26.9. The first kappa shape index (κ1) is 12.6. The lowest BCUT2D eigenvalue weighted by molar-refractivity contribution is -0.143. The number of carbonyl (C=O) groups excluding carboxylic acids is 1. The zero-order chi connectivity index (χ0) is 13.1. The zero-order valence-corrected chi connectivity index (χ0v) is 10.3. The van der Waals surface area contributed by atoms with Crippen molar-refractivity contribution in [2.24, 2.45) is 18.9 Å². The van der Waals surface area contributed by atoms with Crippen molar-refractivity contribution in [3.63, 3.8) is 0 Å². The highest BCUT2D eigenvalue weighted by Crippen LogP contribution is 2.29. The number of aromatic nitrogens is 2. The molecule has 0 bridgehead atoms. The fraction of sp³-hybridized carbons (Fsp3) is 0.583. The van der Waals surface area contributed by atoms with Gasteiger partial charge in [-0.25, -0.2) is 4.98 Å². The summed E-state index contributed by atoms with van der Waals surface area (Å²) in [6, 6.07) is 0. The highest BCUT2D eigenvalue weighted by Gasteiger charge is 2.31. The molecule has 2 N–H and O–H groups in total. The monoisotopic (exact) mass is 251 g/mol. The van der Waals surface area contributed by atoms with E-state index in [1.54, 1.807) is 17.1 Å². The van der Waals surface area contributed by atoms with Gasteiger partial charge in [-0.2, -0.15) is 0 Å². The van der Waals surface area contributed by atoms with Crippen LogP contribution in [0.15, 0.2) is 12.5 Å². The number of carbonyl (C=O) groups is 2. The lowest BCUT2D eigenvalue weighted by Gasteiger charge is -2.25. The van der Waals surface area contributed by atoms with Crippen LogP contribution < -0.4 is 5.32 Å². The minimum atomic E-state index is -0.801. The number of anilines is 1. The number of aliphatic carboxylic acids is 1. The molecule has 0 aliphatic heterocycles. The average Bonchev–Trinajstić information content (AvgIpc) is 2.75. The summed E-state index contributed by atoms with van der Waals surface area (Å²) >= 11 is 0. The van der Waals surface area contributed by atoms with Gasteiger partial charge in [0.1, 0.15) is 0 Å². The molecule has 1 fully saturated rings. The number of carboxylic acid groups (broad SMARTS) is 1. The Labute approximate surface area is 105 Å². The second-order valence-corrected chi connectivity index (χ2v) is 4.81. The van der Waals surface area contributed by atoms with Crippen LogP contribution in [0, 0.1) is 11.8 Å². The van der Waals surface area contributed by atoms with E-state index in [0.717, 1.165) is 12.8 Å². The highest BCUT2D eigenvalue weighted by atomic mass is 16.4. The van der Waals surface area contributed by atoms with Gasteiger partial charge < -0.3 is 15.0 Å². The molecule has 0 spiro atoms. The number of imidazole rings is 1. The standard InChI is InChI=1S/C12H17N3O3/c1-15-6-10(13-7-15)14-11(16)8-3-2-4-9(5-8)12(17)18/h6-9H,2-5H2,1H3,(H,14,16)(H,17,18)/t8-,9+/m1/s1. The van der Waals surface area contributed by atoms with E-state index in [1.807, 2.05) is 7.05 Å². The van der Waals surface area contributed by atoms with Gasteiger partial charge in [-0.3, -0.25) is 9.59 Å². The first-order valence-corrected chi connectivity index (χ1v) is 6.08. The van der Waals surface area contributed by atoms with E-state index in [9.17, 15) is 9.59 Å². The quantitative estimate of drug-likeness (QED) is 0.846. The van der Waals surface area contributed by atoms with E-state index in [-0.39, 0.29) is 11.8 Å². The summed E-state index contributed by atoms with van der Waals surface area (Å²) in [5.74, 6) is -1.02. The average molecular weight is 251 g/mol. The first-order chi connectivity index (χ1) is 8.56. The predicted molar refractivity (Wildman–Crippen MR) is 64.9 cm³/mol. The van der Waals surface area contributed by atoms with Crippen LogP contribution in [0.1, 0.15) is 25.7 Å². The van der Waals surface area contributed by atoms with Gasteiger partial charge in [-0.1, -0.05) is 6.42 Å². The van der Waals surface area contributed by atoms with Crippen LogP contribution in [0.3, 0.4) is 0 Å². The van der Waals surface area contributed by atoms with Crippen LogP contribution in [-0.4, -0.2) is 26.5 Å². The van der Waals surface area contributed by atoms with Crippen LogP contribution in [0.25, 0.3) is 0 Å². The van der Waals surface area contributed by atoms with Crippen molar-refractivity contribution in [3.8, 4) is 0 Å². The second-order valence-electron chi connectivity index (χ2n) is 4.81. The minimum absolute atomic E-state index is 0.125. The Kier molecular flexibility index (Phi) is 3.64. The Bertz CT molecular complexity index is 455. The zero-order valence-electron chi connectivity index (χ0n) is 10.3. The number of amides is 1. The first-order valence-electron chi connectivity index (χ1n) is 6.08. The topological polar surface area (TPSA) is 84.2 Å². The van der Waals surface area contributed by atoms with Crippen LogP contribution in [0.4, 0.5) is 5.82 Å². The molecule has 98 valence electrons. The summed E-state index contributed by atoms with van der Waals surface area (Å²) in [6.07, 6.45) is 5.96. The lowest BCUT2D eigenvalue weighted by Crippen LogP contribution is -2.31. The Hall–Kier alpha value is -1.85. The maximum absolute atomic E-state index is 12.0. The smallest absolute Gasteiger partial charge is 0.306 e. The van der Waals surface area contributed by atoms with Gasteiger partial charge in [-0.05, 0) is 19.3 Å². The van der Waals surface area contributed by atoms with Crippen LogP contribution in [-0.2, 0) is 16.6 Å². The fourth-order valence-corrected chi connectivity index (χ4v) is 2.36. The number of carboxylic acids is 1. The number of hydrogen-bond acceptors (Lipinski definition) is 3. The lowest BCUT2D eigenvalue weighted by atomic mass is 9.81. The molecule has 1 aromatic heterocycles. The van der Waals surface area contributed by atoms with E-state index in [1.165, 1.54) is 0 Å². The third-order valence-corrected chi connectivity index (χ3v) is 3.35. The molecule has 2 atom stereocenters. The minimum Gasteiger partial charge on any atom is -0.481 e. The van der Waals surface area contributed by atoms with Crippen molar-refractivity contribution in [1.82, 2.24) is 9.55 Å². The van der Waals surface area contributed by atoms with E-state index >= 15 is 0 Å². The molecule has 0 aromatic carbocycles. The van der Waals surface area contributed by atoms with Crippen molar-refractivity contribution in [2.45, 2.75) is 25.7 Å². The van der Waals surface area contributed by atoms with Gasteiger partial charge in [0, 0.05) is 19.2 Å². The van der Waals surface area contributed by atoms with E-state index in [4.69, 9.17) is 5.11 Å². The summed E-state index contributed by atoms with van der Waals surface area (Å²) in [6.45, 7) is 0. The Morgan fingerprint density at radius 3 is 2.78 bits per heavy atom. The molecule has 6 nitrogen and oxygen atoms in total. The van der Waals surface area contributed by atoms with E-state index in [0.29, 0.717) is 18.7 Å². The largest absolute Gasteiger partial charge is 0.481 e. The Morgan fingerprint density at radius 2 is 2.17 bits per heavy atom. The summed E-state index contributed by atoms with van der Waals surface area (Å²) in [5.41, 5.74) is 0. The molecule has 1 heterocycles. The number of nitrogens with one attached hydrogen (secondary N) is 1. The Balaban J connectivity index is 1.94. The SMILES string of the molecule is Cn1cnc(NC(=O)[C@@H]2CCC[C@H](C(=O)O)C2)c1. The van der Waals surface area contributed by atoms with Crippen LogP contribution >= 0.6 is 0 Å². The number of aryl methyl sites for hydroxylation is 1. The van der Waals surface area contributed by atoms with Crippen molar-refractivity contribution < 1.29 is 14.7 Å². The number of rotatable bonds is 3. The summed E-state index contributed by atoms with van der Waals surface area (Å²) in [7, 11) is 1.82. The van der Waals surface area contributed by atoms with Gasteiger partial charge in [0.2, 0.25) is 5.91 Å². The van der Waals surface area contributed by atoms with Gasteiger partial charge in [-0.15, -0.1) is 0 Å². The molecule has 1 saturated carbocycles. The van der Waals surface area contributed by atoms with Gasteiger partial charge in [0.25, 0.3) is 0 Å². The summed E-state index contributed by atoms with van der Waals surface area (Å²) < 4.78 is 1.75. The molecule has 1 amide bonds. The van der Waals surface area contributed by atoms with Crippen molar-refractivity contribution >= 4 is 17.7 Å². The van der Waals surface area contributed by atoms with E-state index in [2.05, 4.69) is 10.3 Å². The predicted octanol–water partition coefficient (Wildman–Crippen LogP) is 1.25. The van der Waals surface area contributed by atoms with Crippen LogP contribution in [0.5, 0.6) is 0 Å².